The summed E-state index contributed by atoms with van der Waals surface area (Å²) >= 11 is 19.2. The van der Waals surface area contributed by atoms with Crippen molar-refractivity contribution in [3.8, 4) is 11.1 Å². The molecule has 2 rings (SSSR count). The van der Waals surface area contributed by atoms with Crippen molar-refractivity contribution in [2.75, 3.05) is 0 Å². The lowest BCUT2D eigenvalue weighted by molar-refractivity contribution is -0.138. The molecular weight excluding hydrogens is 448 g/mol. The molecule has 0 unspecified atom stereocenters. The van der Waals surface area contributed by atoms with Crippen molar-refractivity contribution >= 4 is 57.4 Å². The fourth-order valence-electron chi connectivity index (χ4n) is 1.66. The highest BCUT2D eigenvalue weighted by atomic mass is 127. The van der Waals surface area contributed by atoms with Gasteiger partial charge < -0.3 is 0 Å². The molecular formula is C12H4Cl3F3IN. The monoisotopic (exact) mass is 451 g/mol. The van der Waals surface area contributed by atoms with Crippen molar-refractivity contribution in [2.24, 2.45) is 0 Å². The summed E-state index contributed by atoms with van der Waals surface area (Å²) in [5.41, 5.74) is -0.768. The van der Waals surface area contributed by atoms with Crippen LogP contribution in [-0.2, 0) is 6.18 Å². The van der Waals surface area contributed by atoms with Gasteiger partial charge in [-0.3, -0.25) is 0 Å². The standard InChI is InChI=1S/C12H4Cl3F3IN/c13-7-2-1-6(9(14)10(7)15)5-3-4-20-11(19)8(5)12(16,17)18/h1-4H. The SMILES string of the molecule is FC(F)(F)c1c(-c2ccc(Cl)c(Cl)c2Cl)ccnc1I. The molecule has 0 spiro atoms. The van der Waals surface area contributed by atoms with Gasteiger partial charge in [-0.25, -0.2) is 4.98 Å². The average Bonchev–Trinajstić information content (AvgIpc) is 2.34. The van der Waals surface area contributed by atoms with E-state index in [2.05, 4.69) is 4.98 Å². The predicted molar refractivity (Wildman–Crippen MR) is 82.4 cm³/mol. The van der Waals surface area contributed by atoms with Crippen LogP contribution in [0.5, 0.6) is 0 Å². The third-order valence-electron chi connectivity index (χ3n) is 2.51. The molecule has 0 fully saturated rings. The maximum absolute atomic E-state index is 13.2. The fraction of sp³-hybridized carbons (Fsp3) is 0.0833. The van der Waals surface area contributed by atoms with Crippen LogP contribution in [0, 0.1) is 3.70 Å². The minimum atomic E-state index is -4.55. The maximum atomic E-state index is 13.2. The average molecular weight is 452 g/mol. The molecule has 0 saturated carbocycles. The first-order chi connectivity index (χ1) is 9.23. The van der Waals surface area contributed by atoms with Gasteiger partial charge in [0.05, 0.1) is 20.6 Å². The van der Waals surface area contributed by atoms with Gasteiger partial charge in [0.2, 0.25) is 0 Å². The van der Waals surface area contributed by atoms with Crippen molar-refractivity contribution in [2.45, 2.75) is 6.18 Å². The molecule has 0 aliphatic rings. The number of pyridine rings is 1. The van der Waals surface area contributed by atoms with Gasteiger partial charge in [0.15, 0.2) is 0 Å². The third-order valence-corrected chi connectivity index (χ3v) is 4.63. The molecule has 0 saturated heterocycles. The number of aromatic nitrogens is 1. The van der Waals surface area contributed by atoms with E-state index < -0.39 is 11.7 Å². The Morgan fingerprint density at radius 3 is 2.20 bits per heavy atom. The second-order valence-corrected chi connectivity index (χ2v) is 5.93. The van der Waals surface area contributed by atoms with Gasteiger partial charge in [0.1, 0.15) is 3.70 Å². The zero-order valence-corrected chi connectivity index (χ0v) is 13.8. The number of hydrogen-bond donors (Lipinski definition) is 0. The van der Waals surface area contributed by atoms with E-state index in [1.54, 1.807) is 0 Å². The van der Waals surface area contributed by atoms with E-state index >= 15 is 0 Å². The smallest absolute Gasteiger partial charge is 0.250 e. The predicted octanol–water partition coefficient (Wildman–Crippen LogP) is 6.33. The first-order valence-corrected chi connectivity index (χ1v) is 7.30. The molecule has 20 heavy (non-hydrogen) atoms. The van der Waals surface area contributed by atoms with Gasteiger partial charge >= 0.3 is 6.18 Å². The first-order valence-electron chi connectivity index (χ1n) is 5.09. The van der Waals surface area contributed by atoms with E-state index in [1.165, 1.54) is 47.0 Å². The van der Waals surface area contributed by atoms with Crippen molar-refractivity contribution in [1.82, 2.24) is 4.98 Å². The van der Waals surface area contributed by atoms with Gasteiger partial charge in [0, 0.05) is 11.8 Å². The third kappa shape index (κ3) is 3.00. The van der Waals surface area contributed by atoms with Crippen molar-refractivity contribution in [3.05, 3.63) is 48.7 Å². The molecule has 0 bridgehead atoms. The quantitative estimate of drug-likeness (QED) is 0.280. The van der Waals surface area contributed by atoms with Crippen LogP contribution in [-0.4, -0.2) is 4.98 Å². The Morgan fingerprint density at radius 2 is 1.60 bits per heavy atom. The molecule has 1 nitrogen and oxygen atoms in total. The Bertz CT molecular complexity index is 674. The Balaban J connectivity index is 2.78. The lowest BCUT2D eigenvalue weighted by Crippen LogP contribution is -2.11. The summed E-state index contributed by atoms with van der Waals surface area (Å²) in [6.45, 7) is 0. The number of hydrogen-bond acceptors (Lipinski definition) is 1. The molecule has 0 radical (unpaired) electrons. The molecule has 8 heteroatoms. The lowest BCUT2D eigenvalue weighted by atomic mass is 10.0. The molecule has 0 aliphatic heterocycles. The van der Waals surface area contributed by atoms with Crippen LogP contribution in [0.3, 0.4) is 0 Å². The number of alkyl halides is 3. The van der Waals surface area contributed by atoms with Crippen LogP contribution in [0.15, 0.2) is 24.4 Å². The van der Waals surface area contributed by atoms with Crippen LogP contribution in [0.1, 0.15) is 5.56 Å². The number of nitrogens with zero attached hydrogens (tertiary/aromatic N) is 1. The Morgan fingerprint density at radius 1 is 0.950 bits per heavy atom. The molecule has 2 aromatic rings. The zero-order valence-electron chi connectivity index (χ0n) is 9.40. The highest BCUT2D eigenvalue weighted by Gasteiger charge is 2.37. The fourth-order valence-corrected chi connectivity index (χ4v) is 3.06. The van der Waals surface area contributed by atoms with Gasteiger partial charge in [-0.1, -0.05) is 40.9 Å². The van der Waals surface area contributed by atoms with E-state index in [0.29, 0.717) is 0 Å². The summed E-state index contributed by atoms with van der Waals surface area (Å²) in [5, 5.41) is 0.176. The molecule has 0 N–H and O–H groups in total. The van der Waals surface area contributed by atoms with E-state index in [9.17, 15) is 13.2 Å². The molecule has 1 aromatic carbocycles. The van der Waals surface area contributed by atoms with Crippen LogP contribution in [0.4, 0.5) is 13.2 Å². The van der Waals surface area contributed by atoms with Gasteiger partial charge in [-0.05, 0) is 40.3 Å². The van der Waals surface area contributed by atoms with Gasteiger partial charge in [-0.2, -0.15) is 13.2 Å². The van der Waals surface area contributed by atoms with Gasteiger partial charge in [0.25, 0.3) is 0 Å². The summed E-state index contributed by atoms with van der Waals surface area (Å²) in [6.07, 6.45) is -3.26. The Labute approximate surface area is 141 Å². The maximum Gasteiger partial charge on any atom is 0.419 e. The first kappa shape index (κ1) is 16.1. The van der Waals surface area contributed by atoms with Crippen molar-refractivity contribution in [3.63, 3.8) is 0 Å². The molecule has 106 valence electrons. The highest BCUT2D eigenvalue weighted by Crippen LogP contribution is 2.44. The summed E-state index contributed by atoms with van der Waals surface area (Å²) < 4.78 is 39.3. The number of rotatable bonds is 1. The van der Waals surface area contributed by atoms with E-state index in [0.717, 1.165) is 0 Å². The minimum absolute atomic E-state index is 0.0192. The Kier molecular flexibility index (Phi) is 4.73. The topological polar surface area (TPSA) is 12.9 Å². The summed E-state index contributed by atoms with van der Waals surface area (Å²) in [6, 6.07) is 4.05. The molecule has 1 heterocycles. The Hall–Kier alpha value is -0.240. The van der Waals surface area contributed by atoms with Crippen molar-refractivity contribution < 1.29 is 13.2 Å². The highest BCUT2D eigenvalue weighted by molar-refractivity contribution is 14.1. The molecule has 0 amide bonds. The second-order valence-electron chi connectivity index (χ2n) is 3.74. The van der Waals surface area contributed by atoms with E-state index in [1.807, 2.05) is 0 Å². The largest absolute Gasteiger partial charge is 0.419 e. The summed E-state index contributed by atoms with van der Waals surface area (Å²) in [7, 11) is 0. The van der Waals surface area contributed by atoms with Crippen LogP contribution < -0.4 is 0 Å². The van der Waals surface area contributed by atoms with E-state index in [4.69, 9.17) is 34.8 Å². The van der Waals surface area contributed by atoms with Crippen molar-refractivity contribution in [1.29, 1.82) is 0 Å². The van der Waals surface area contributed by atoms with Crippen LogP contribution >= 0.6 is 57.4 Å². The number of benzene rings is 1. The van der Waals surface area contributed by atoms with Crippen LogP contribution in [0.2, 0.25) is 15.1 Å². The zero-order chi connectivity index (χ0) is 15.1. The van der Waals surface area contributed by atoms with Gasteiger partial charge in [-0.15, -0.1) is 0 Å². The second kappa shape index (κ2) is 5.87. The summed E-state index contributed by atoms with van der Waals surface area (Å²) in [5.74, 6) is 0. The molecule has 0 aliphatic carbocycles. The number of halogens is 7. The van der Waals surface area contributed by atoms with E-state index in [-0.39, 0.29) is 29.9 Å². The summed E-state index contributed by atoms with van der Waals surface area (Å²) in [4.78, 5) is 3.67. The molecule has 0 atom stereocenters. The van der Waals surface area contributed by atoms with Crippen LogP contribution in [0.25, 0.3) is 11.1 Å². The molecule has 1 aromatic heterocycles. The normalized spacial score (nSPS) is 11.8. The minimum Gasteiger partial charge on any atom is -0.250 e. The lowest BCUT2D eigenvalue weighted by Gasteiger charge is -2.15.